The molecule has 1 aromatic heterocycles. The van der Waals surface area contributed by atoms with Gasteiger partial charge < -0.3 is 14.3 Å². The van der Waals surface area contributed by atoms with E-state index in [1.54, 1.807) is 20.8 Å². The van der Waals surface area contributed by atoms with Crippen LogP contribution in [0.3, 0.4) is 0 Å². The topological polar surface area (TPSA) is 105 Å². The molecular formula is C27H31N3O5. The van der Waals surface area contributed by atoms with Gasteiger partial charge in [0.1, 0.15) is 17.6 Å². The number of ether oxygens (including phenoxy) is 1. The fraction of sp³-hybridized carbons (Fsp3) is 0.370. The molecule has 0 saturated carbocycles. The molecule has 3 aromatic rings. The molecule has 2 N–H and O–H groups in total. The number of amides is 1. The Morgan fingerprint density at radius 3 is 2.60 bits per heavy atom. The fourth-order valence-electron chi connectivity index (χ4n) is 3.92. The van der Waals surface area contributed by atoms with Crippen LogP contribution in [0.25, 0.3) is 11.5 Å². The smallest absolute Gasteiger partial charge is 0.323 e. The van der Waals surface area contributed by atoms with E-state index in [1.807, 2.05) is 55.5 Å². The molecule has 0 fully saturated rings. The van der Waals surface area contributed by atoms with Crippen LogP contribution in [0.5, 0.6) is 5.75 Å². The number of nitrogens with zero attached hydrogens (tertiary/aromatic N) is 2. The molecule has 2 heterocycles. The normalized spacial score (nSPS) is 15.9. The van der Waals surface area contributed by atoms with Gasteiger partial charge in [-0.05, 0) is 42.3 Å². The highest BCUT2D eigenvalue weighted by Crippen LogP contribution is 2.28. The Balaban J connectivity index is 1.42. The number of aryl methyl sites for hydroxylation is 1. The van der Waals surface area contributed by atoms with Gasteiger partial charge in [-0.1, -0.05) is 45.0 Å². The van der Waals surface area contributed by atoms with Crippen LogP contribution in [0.2, 0.25) is 0 Å². The van der Waals surface area contributed by atoms with E-state index in [2.05, 4.69) is 10.4 Å². The Morgan fingerprint density at radius 1 is 1.17 bits per heavy atom. The first-order valence-corrected chi connectivity index (χ1v) is 11.7. The van der Waals surface area contributed by atoms with Crippen molar-refractivity contribution in [3.8, 4) is 17.2 Å². The standard InChI is InChI=1S/C27H31N3O5/c1-17-22(28-24(35-17)18-8-6-5-7-9-18)12-13-34-21-11-10-19-15-23(25(31)32)30(16-20(19)14-21)29-26(33)27(2,3)4/h5-11,14,23H,12-13,15-16H2,1-4H3,(H,29,33)(H,31,32)/t23-/m0/s1. The van der Waals surface area contributed by atoms with Crippen LogP contribution in [-0.2, 0) is 29.0 Å². The minimum atomic E-state index is -0.969. The van der Waals surface area contributed by atoms with Crippen LogP contribution in [0, 0.1) is 12.3 Å². The summed E-state index contributed by atoms with van der Waals surface area (Å²) in [6.07, 6.45) is 0.893. The van der Waals surface area contributed by atoms with Gasteiger partial charge in [0.15, 0.2) is 0 Å². The summed E-state index contributed by atoms with van der Waals surface area (Å²) in [7, 11) is 0. The molecule has 4 rings (SSSR count). The average Bonchev–Trinajstić information content (AvgIpc) is 3.19. The molecule has 184 valence electrons. The maximum Gasteiger partial charge on any atom is 0.323 e. The number of fused-ring (bicyclic) bond motifs is 1. The summed E-state index contributed by atoms with van der Waals surface area (Å²) >= 11 is 0. The van der Waals surface area contributed by atoms with Gasteiger partial charge in [-0.3, -0.25) is 15.0 Å². The molecule has 8 heteroatoms. The third-order valence-electron chi connectivity index (χ3n) is 6.04. The van der Waals surface area contributed by atoms with Crippen molar-refractivity contribution in [3.63, 3.8) is 0 Å². The molecule has 2 aromatic carbocycles. The Bertz CT molecular complexity index is 1210. The van der Waals surface area contributed by atoms with Gasteiger partial charge in [0, 0.05) is 30.4 Å². The lowest BCUT2D eigenvalue weighted by atomic mass is 9.94. The number of carboxylic acid groups (broad SMARTS) is 1. The third kappa shape index (κ3) is 5.71. The predicted octanol–water partition coefficient (Wildman–Crippen LogP) is 4.16. The van der Waals surface area contributed by atoms with Crippen molar-refractivity contribution in [2.75, 3.05) is 6.61 Å². The number of hydrogen-bond acceptors (Lipinski definition) is 6. The molecule has 0 radical (unpaired) electrons. The molecule has 1 aliphatic heterocycles. The van der Waals surface area contributed by atoms with E-state index in [4.69, 9.17) is 9.15 Å². The van der Waals surface area contributed by atoms with Gasteiger partial charge in [-0.25, -0.2) is 9.99 Å². The Hall–Kier alpha value is -3.65. The van der Waals surface area contributed by atoms with Crippen molar-refractivity contribution in [1.29, 1.82) is 0 Å². The average molecular weight is 478 g/mol. The number of hydrogen-bond donors (Lipinski definition) is 2. The molecule has 0 bridgehead atoms. The van der Waals surface area contributed by atoms with Gasteiger partial charge in [0.05, 0.1) is 12.3 Å². The molecule has 1 amide bonds. The quantitative estimate of drug-likeness (QED) is 0.526. The van der Waals surface area contributed by atoms with Crippen molar-refractivity contribution in [2.24, 2.45) is 5.41 Å². The molecule has 0 aliphatic carbocycles. The number of carbonyl (C=O) groups excluding carboxylic acids is 1. The summed E-state index contributed by atoms with van der Waals surface area (Å²) in [5.74, 6) is 0.852. The molecular weight excluding hydrogens is 446 g/mol. The highest BCUT2D eigenvalue weighted by Gasteiger charge is 2.34. The number of aromatic nitrogens is 1. The van der Waals surface area contributed by atoms with Crippen LogP contribution >= 0.6 is 0 Å². The maximum absolute atomic E-state index is 12.5. The summed E-state index contributed by atoms with van der Waals surface area (Å²) in [5.41, 5.74) is 5.81. The van der Waals surface area contributed by atoms with Crippen molar-refractivity contribution in [2.45, 2.75) is 53.1 Å². The SMILES string of the molecule is Cc1oc(-c2ccccc2)nc1CCOc1ccc2c(c1)CN(NC(=O)C(C)(C)C)[C@H](C(=O)O)C2. The van der Waals surface area contributed by atoms with E-state index < -0.39 is 17.4 Å². The van der Waals surface area contributed by atoms with Crippen LogP contribution in [0.1, 0.15) is 43.4 Å². The summed E-state index contributed by atoms with van der Waals surface area (Å²) in [4.78, 5) is 28.9. The fourth-order valence-corrected chi connectivity index (χ4v) is 3.92. The van der Waals surface area contributed by atoms with Crippen molar-refractivity contribution in [3.05, 3.63) is 71.1 Å². The molecule has 0 spiro atoms. The van der Waals surface area contributed by atoms with Crippen LogP contribution in [0.4, 0.5) is 0 Å². The van der Waals surface area contributed by atoms with E-state index in [0.29, 0.717) is 31.1 Å². The van der Waals surface area contributed by atoms with Crippen molar-refractivity contribution < 1.29 is 23.8 Å². The highest BCUT2D eigenvalue weighted by atomic mass is 16.5. The number of hydrazine groups is 1. The first-order valence-electron chi connectivity index (χ1n) is 11.7. The highest BCUT2D eigenvalue weighted by molar-refractivity contribution is 5.82. The Labute approximate surface area is 204 Å². The van der Waals surface area contributed by atoms with Gasteiger partial charge in [-0.15, -0.1) is 0 Å². The number of nitrogens with one attached hydrogen (secondary N) is 1. The minimum Gasteiger partial charge on any atom is -0.493 e. The first kappa shape index (κ1) is 24.5. The predicted molar refractivity (Wildman–Crippen MR) is 131 cm³/mol. The lowest BCUT2D eigenvalue weighted by Gasteiger charge is -2.36. The third-order valence-corrected chi connectivity index (χ3v) is 6.04. The van der Waals surface area contributed by atoms with Crippen LogP contribution < -0.4 is 10.2 Å². The number of carboxylic acids is 1. The largest absolute Gasteiger partial charge is 0.493 e. The van der Waals surface area contributed by atoms with Crippen molar-refractivity contribution in [1.82, 2.24) is 15.4 Å². The molecule has 1 aliphatic rings. The van der Waals surface area contributed by atoms with E-state index >= 15 is 0 Å². The van der Waals surface area contributed by atoms with Gasteiger partial charge in [-0.2, -0.15) is 0 Å². The zero-order valence-electron chi connectivity index (χ0n) is 20.5. The monoisotopic (exact) mass is 477 g/mol. The number of carbonyl (C=O) groups is 2. The summed E-state index contributed by atoms with van der Waals surface area (Å²) in [6.45, 7) is 7.98. The van der Waals surface area contributed by atoms with Gasteiger partial charge in [0.25, 0.3) is 0 Å². The second kappa shape index (κ2) is 9.92. The second-order valence-electron chi connectivity index (χ2n) is 9.79. The Morgan fingerprint density at radius 2 is 1.91 bits per heavy atom. The van der Waals surface area contributed by atoms with E-state index in [9.17, 15) is 14.7 Å². The number of rotatable bonds is 7. The lowest BCUT2D eigenvalue weighted by molar-refractivity contribution is -0.149. The summed E-state index contributed by atoms with van der Waals surface area (Å²) < 4.78 is 11.8. The first-order chi connectivity index (χ1) is 16.6. The summed E-state index contributed by atoms with van der Waals surface area (Å²) in [6, 6.07) is 14.6. The summed E-state index contributed by atoms with van der Waals surface area (Å²) in [5, 5.41) is 11.2. The van der Waals surface area contributed by atoms with E-state index in [1.165, 1.54) is 5.01 Å². The maximum atomic E-state index is 12.5. The lowest BCUT2D eigenvalue weighted by Crippen LogP contribution is -2.56. The molecule has 8 nitrogen and oxygen atoms in total. The van der Waals surface area contributed by atoms with Crippen LogP contribution in [-0.4, -0.2) is 39.6 Å². The van der Waals surface area contributed by atoms with Crippen molar-refractivity contribution >= 4 is 11.9 Å². The Kier molecular flexibility index (Phi) is 6.93. The van der Waals surface area contributed by atoms with Crippen LogP contribution in [0.15, 0.2) is 52.9 Å². The molecule has 35 heavy (non-hydrogen) atoms. The minimum absolute atomic E-state index is 0.225. The molecule has 1 atom stereocenters. The van der Waals surface area contributed by atoms with E-state index in [-0.39, 0.29) is 12.5 Å². The van der Waals surface area contributed by atoms with E-state index in [0.717, 1.165) is 28.1 Å². The second-order valence-corrected chi connectivity index (χ2v) is 9.79. The molecule has 0 unspecified atom stereocenters. The zero-order chi connectivity index (χ0) is 25.2. The zero-order valence-corrected chi connectivity index (χ0v) is 20.5. The number of benzene rings is 2. The van der Waals surface area contributed by atoms with Gasteiger partial charge >= 0.3 is 5.97 Å². The van der Waals surface area contributed by atoms with Gasteiger partial charge in [0.2, 0.25) is 11.8 Å². The molecule has 0 saturated heterocycles. The number of oxazole rings is 1. The number of aliphatic carboxylic acids is 1.